The van der Waals surface area contributed by atoms with Crippen LogP contribution in [0.5, 0.6) is 0 Å². The van der Waals surface area contributed by atoms with Gasteiger partial charge in [-0.15, -0.1) is 0 Å². The van der Waals surface area contributed by atoms with E-state index in [2.05, 4.69) is 5.32 Å². The van der Waals surface area contributed by atoms with Crippen LogP contribution in [0.25, 0.3) is 0 Å². The van der Waals surface area contributed by atoms with Gasteiger partial charge in [-0.2, -0.15) is 0 Å². The molecule has 166 valence electrons. The minimum atomic E-state index is -0.916. The minimum Gasteiger partial charge on any atom is -0.478 e. The van der Waals surface area contributed by atoms with Gasteiger partial charge in [-0.25, -0.2) is 4.79 Å². The van der Waals surface area contributed by atoms with Crippen LogP contribution in [-0.2, 0) is 23.7 Å². The van der Waals surface area contributed by atoms with E-state index in [9.17, 15) is 4.79 Å². The zero-order chi connectivity index (χ0) is 21.2. The Balaban J connectivity index is 1.85. The van der Waals surface area contributed by atoms with Crippen molar-refractivity contribution in [2.75, 3.05) is 84.5 Å². The van der Waals surface area contributed by atoms with Gasteiger partial charge in [0, 0.05) is 18.8 Å². The minimum absolute atomic E-state index is 0.313. The molecule has 0 fully saturated rings. The third-order valence-corrected chi connectivity index (χ3v) is 3.78. The van der Waals surface area contributed by atoms with Crippen molar-refractivity contribution in [3.05, 3.63) is 29.3 Å². The van der Waals surface area contributed by atoms with Crippen molar-refractivity contribution in [2.24, 2.45) is 5.73 Å². The van der Waals surface area contributed by atoms with Crippen LogP contribution < -0.4 is 11.1 Å². The van der Waals surface area contributed by atoms with E-state index in [0.29, 0.717) is 84.7 Å². The Bertz CT molecular complexity index is 558. The Kier molecular flexibility index (Phi) is 14.9. The molecule has 0 saturated carbocycles. The molecule has 0 spiro atoms. The predicted octanol–water partition coefficient (Wildman–Crippen LogP) is 1.15. The van der Waals surface area contributed by atoms with Gasteiger partial charge in [0.1, 0.15) is 0 Å². The average molecular weight is 414 g/mol. The highest BCUT2D eigenvalue weighted by atomic mass is 16.6. The first kappa shape index (κ1) is 25.3. The van der Waals surface area contributed by atoms with Gasteiger partial charge in [-0.05, 0) is 30.7 Å². The van der Waals surface area contributed by atoms with Gasteiger partial charge >= 0.3 is 5.97 Å². The normalized spacial score (nSPS) is 11.0. The first-order valence-corrected chi connectivity index (χ1v) is 9.81. The molecule has 0 atom stereocenters. The molecule has 29 heavy (non-hydrogen) atoms. The van der Waals surface area contributed by atoms with Gasteiger partial charge in [-0.1, -0.05) is 0 Å². The quantitative estimate of drug-likeness (QED) is 0.286. The van der Waals surface area contributed by atoms with Gasteiger partial charge in [0.2, 0.25) is 0 Å². The lowest BCUT2D eigenvalue weighted by atomic mass is 10.1. The number of nitrogens with two attached hydrogens (primary N) is 1. The number of nitrogens with one attached hydrogen (secondary N) is 1. The van der Waals surface area contributed by atoms with Crippen LogP contribution in [0.3, 0.4) is 0 Å². The summed E-state index contributed by atoms with van der Waals surface area (Å²) in [6, 6.07) is 5.16. The standard InChI is InChI=1S/C20H34N2O7/c1-17-16-18(2-3-19(17)20(23)24)22-5-7-26-9-11-28-13-15-29-14-12-27-10-8-25-6-4-21/h2-3,16,22H,4-15,21H2,1H3,(H,23,24). The van der Waals surface area contributed by atoms with E-state index in [1.807, 2.05) is 6.07 Å². The maximum Gasteiger partial charge on any atom is 0.335 e. The number of benzene rings is 1. The molecule has 0 unspecified atom stereocenters. The second-order valence-electron chi connectivity index (χ2n) is 6.11. The summed E-state index contributed by atoms with van der Waals surface area (Å²) < 4.78 is 26.8. The van der Waals surface area contributed by atoms with Crippen LogP contribution in [-0.4, -0.2) is 90.2 Å². The molecule has 1 aromatic carbocycles. The van der Waals surface area contributed by atoms with Crippen molar-refractivity contribution < 1.29 is 33.6 Å². The Morgan fingerprint density at radius 2 is 1.34 bits per heavy atom. The molecule has 9 nitrogen and oxygen atoms in total. The number of carbonyl (C=O) groups is 1. The van der Waals surface area contributed by atoms with E-state index in [4.69, 9.17) is 34.5 Å². The number of aromatic carboxylic acids is 1. The molecule has 0 saturated heterocycles. The summed E-state index contributed by atoms with van der Waals surface area (Å²) in [5, 5.41) is 12.2. The van der Waals surface area contributed by atoms with Gasteiger partial charge in [-0.3, -0.25) is 0 Å². The van der Waals surface area contributed by atoms with Gasteiger partial charge in [0.25, 0.3) is 0 Å². The summed E-state index contributed by atoms with van der Waals surface area (Å²) in [6.45, 7) is 8.19. The lowest BCUT2D eigenvalue weighted by Crippen LogP contribution is -2.15. The monoisotopic (exact) mass is 414 g/mol. The fraction of sp³-hybridized carbons (Fsp3) is 0.650. The molecule has 0 aromatic heterocycles. The number of hydrogen-bond donors (Lipinski definition) is 3. The van der Waals surface area contributed by atoms with Crippen molar-refractivity contribution in [1.29, 1.82) is 0 Å². The molecular formula is C20H34N2O7. The van der Waals surface area contributed by atoms with E-state index < -0.39 is 5.97 Å². The van der Waals surface area contributed by atoms with Crippen molar-refractivity contribution in [2.45, 2.75) is 6.92 Å². The number of aryl methyl sites for hydroxylation is 1. The number of anilines is 1. The number of rotatable bonds is 19. The second-order valence-corrected chi connectivity index (χ2v) is 6.11. The fourth-order valence-corrected chi connectivity index (χ4v) is 2.35. The molecule has 0 bridgehead atoms. The summed E-state index contributed by atoms with van der Waals surface area (Å²) >= 11 is 0. The Morgan fingerprint density at radius 3 is 1.79 bits per heavy atom. The van der Waals surface area contributed by atoms with Crippen LogP contribution in [0.2, 0.25) is 0 Å². The van der Waals surface area contributed by atoms with Crippen molar-refractivity contribution in [1.82, 2.24) is 0 Å². The first-order valence-electron chi connectivity index (χ1n) is 9.81. The molecule has 0 radical (unpaired) electrons. The largest absolute Gasteiger partial charge is 0.478 e. The Morgan fingerprint density at radius 1 is 0.862 bits per heavy atom. The SMILES string of the molecule is Cc1cc(NCCOCCOCCOCCOCCOCCN)ccc1C(=O)O. The molecule has 0 amide bonds. The summed E-state index contributed by atoms with van der Waals surface area (Å²) in [4.78, 5) is 11.0. The predicted molar refractivity (Wildman–Crippen MR) is 110 cm³/mol. The highest BCUT2D eigenvalue weighted by Crippen LogP contribution is 2.14. The van der Waals surface area contributed by atoms with Gasteiger partial charge < -0.3 is 39.8 Å². The lowest BCUT2D eigenvalue weighted by Gasteiger charge is -2.10. The number of hydrogen-bond acceptors (Lipinski definition) is 8. The molecule has 1 rings (SSSR count). The summed E-state index contributed by atoms with van der Waals surface area (Å²) in [6.07, 6.45) is 0. The van der Waals surface area contributed by atoms with Crippen molar-refractivity contribution >= 4 is 11.7 Å². The smallest absolute Gasteiger partial charge is 0.335 e. The maximum atomic E-state index is 11.0. The number of carboxylic acid groups (broad SMARTS) is 1. The van der Waals surface area contributed by atoms with E-state index in [1.54, 1.807) is 19.1 Å². The van der Waals surface area contributed by atoms with Gasteiger partial charge in [0.05, 0.1) is 71.6 Å². The van der Waals surface area contributed by atoms with Gasteiger partial charge in [0.15, 0.2) is 0 Å². The summed E-state index contributed by atoms with van der Waals surface area (Å²) in [7, 11) is 0. The highest BCUT2D eigenvalue weighted by Gasteiger charge is 2.06. The highest BCUT2D eigenvalue weighted by molar-refractivity contribution is 5.89. The van der Waals surface area contributed by atoms with Crippen LogP contribution >= 0.6 is 0 Å². The summed E-state index contributed by atoms with van der Waals surface area (Å²) in [5.41, 5.74) is 7.21. The molecule has 4 N–H and O–H groups in total. The van der Waals surface area contributed by atoms with E-state index >= 15 is 0 Å². The van der Waals surface area contributed by atoms with E-state index in [0.717, 1.165) is 11.3 Å². The van der Waals surface area contributed by atoms with Crippen molar-refractivity contribution in [3.8, 4) is 0 Å². The zero-order valence-corrected chi connectivity index (χ0v) is 17.2. The van der Waals surface area contributed by atoms with Crippen LogP contribution in [0.15, 0.2) is 18.2 Å². The third kappa shape index (κ3) is 13.2. The van der Waals surface area contributed by atoms with Crippen molar-refractivity contribution in [3.63, 3.8) is 0 Å². The number of ether oxygens (including phenoxy) is 5. The average Bonchev–Trinajstić information content (AvgIpc) is 2.70. The lowest BCUT2D eigenvalue weighted by molar-refractivity contribution is -0.00985. The van der Waals surface area contributed by atoms with E-state index in [1.165, 1.54) is 0 Å². The molecule has 0 heterocycles. The van der Waals surface area contributed by atoms with Crippen LogP contribution in [0, 0.1) is 6.92 Å². The maximum absolute atomic E-state index is 11.0. The number of carboxylic acids is 1. The van der Waals surface area contributed by atoms with Crippen LogP contribution in [0.1, 0.15) is 15.9 Å². The van der Waals surface area contributed by atoms with Crippen LogP contribution in [0.4, 0.5) is 5.69 Å². The first-order chi connectivity index (χ1) is 14.1. The fourth-order valence-electron chi connectivity index (χ4n) is 2.35. The molecule has 0 aliphatic heterocycles. The second kappa shape index (κ2) is 17.1. The molecule has 1 aromatic rings. The zero-order valence-electron chi connectivity index (χ0n) is 17.2. The topological polar surface area (TPSA) is 122 Å². The Labute approximate surface area is 172 Å². The summed E-state index contributed by atoms with van der Waals surface area (Å²) in [5.74, 6) is -0.916. The Hall–Kier alpha value is -1.75. The molecule has 0 aliphatic rings. The van der Waals surface area contributed by atoms with E-state index in [-0.39, 0.29) is 0 Å². The molecular weight excluding hydrogens is 380 g/mol. The molecule has 9 heteroatoms. The third-order valence-electron chi connectivity index (χ3n) is 3.78. The molecule has 0 aliphatic carbocycles.